The molecule has 1 heteroatoms. The second kappa shape index (κ2) is 7.13. The number of benzene rings is 1. The van der Waals surface area contributed by atoms with E-state index in [1.807, 2.05) is 31.3 Å². The van der Waals surface area contributed by atoms with Crippen LogP contribution in [0.5, 0.6) is 0 Å². The van der Waals surface area contributed by atoms with E-state index >= 15 is 0 Å². The summed E-state index contributed by atoms with van der Waals surface area (Å²) < 4.78 is 0. The SMILES string of the molecule is C=CC(C=C)=C(C=C)/C=C\c1ccccc1NC. The van der Waals surface area contributed by atoms with E-state index in [9.17, 15) is 0 Å². The molecule has 1 N–H and O–H groups in total. The number of anilines is 1. The molecule has 0 bridgehead atoms. The fourth-order valence-corrected chi connectivity index (χ4v) is 1.65. The molecular formula is C17H19N. The summed E-state index contributed by atoms with van der Waals surface area (Å²) in [5, 5.41) is 3.16. The summed E-state index contributed by atoms with van der Waals surface area (Å²) in [5.41, 5.74) is 4.21. The molecule has 0 aliphatic carbocycles. The van der Waals surface area contributed by atoms with Crippen LogP contribution in [0.1, 0.15) is 5.56 Å². The Bertz CT molecular complexity index is 494. The van der Waals surface area contributed by atoms with Crippen LogP contribution < -0.4 is 5.32 Å². The van der Waals surface area contributed by atoms with Gasteiger partial charge in [-0.1, -0.05) is 68.3 Å². The molecule has 1 aromatic rings. The Kier molecular flexibility index (Phi) is 5.46. The quantitative estimate of drug-likeness (QED) is 0.713. The zero-order valence-electron chi connectivity index (χ0n) is 10.8. The summed E-state index contributed by atoms with van der Waals surface area (Å²) in [6.07, 6.45) is 9.42. The second-order valence-corrected chi connectivity index (χ2v) is 3.69. The minimum Gasteiger partial charge on any atom is -0.388 e. The van der Waals surface area contributed by atoms with E-state index in [2.05, 4.69) is 37.2 Å². The van der Waals surface area contributed by atoms with Crippen LogP contribution in [0.15, 0.2) is 79.5 Å². The van der Waals surface area contributed by atoms with Crippen molar-refractivity contribution in [3.63, 3.8) is 0 Å². The normalized spacial score (nSPS) is 9.83. The first kappa shape index (κ1) is 13.8. The smallest absolute Gasteiger partial charge is 0.0411 e. The lowest BCUT2D eigenvalue weighted by Gasteiger charge is -2.05. The van der Waals surface area contributed by atoms with E-state index in [0.717, 1.165) is 22.4 Å². The van der Waals surface area contributed by atoms with Crippen molar-refractivity contribution in [2.75, 3.05) is 12.4 Å². The summed E-state index contributed by atoms with van der Waals surface area (Å²) in [6, 6.07) is 8.12. The van der Waals surface area contributed by atoms with Crippen LogP contribution in [-0.4, -0.2) is 7.05 Å². The van der Waals surface area contributed by atoms with Crippen LogP contribution in [0.3, 0.4) is 0 Å². The van der Waals surface area contributed by atoms with Gasteiger partial charge in [-0.3, -0.25) is 0 Å². The third kappa shape index (κ3) is 3.36. The van der Waals surface area contributed by atoms with Crippen LogP contribution in [-0.2, 0) is 0 Å². The summed E-state index contributed by atoms with van der Waals surface area (Å²) in [4.78, 5) is 0. The Morgan fingerprint density at radius 1 is 1.00 bits per heavy atom. The number of para-hydroxylation sites is 1. The zero-order chi connectivity index (χ0) is 13.4. The Morgan fingerprint density at radius 3 is 2.17 bits per heavy atom. The van der Waals surface area contributed by atoms with Crippen LogP contribution in [0.2, 0.25) is 0 Å². The van der Waals surface area contributed by atoms with Gasteiger partial charge in [-0.05, 0) is 22.8 Å². The third-order valence-electron chi connectivity index (χ3n) is 2.67. The maximum atomic E-state index is 3.81. The lowest BCUT2D eigenvalue weighted by Crippen LogP contribution is -1.90. The lowest BCUT2D eigenvalue weighted by molar-refractivity contribution is 1.49. The minimum absolute atomic E-state index is 0.975. The molecule has 0 radical (unpaired) electrons. The zero-order valence-corrected chi connectivity index (χ0v) is 10.8. The molecule has 0 atom stereocenters. The van der Waals surface area contributed by atoms with Gasteiger partial charge in [0.15, 0.2) is 0 Å². The number of hydrogen-bond donors (Lipinski definition) is 1. The van der Waals surface area contributed by atoms with E-state index in [4.69, 9.17) is 0 Å². The van der Waals surface area contributed by atoms with Gasteiger partial charge in [-0.25, -0.2) is 0 Å². The van der Waals surface area contributed by atoms with Crippen LogP contribution >= 0.6 is 0 Å². The molecule has 0 fully saturated rings. The number of nitrogens with one attached hydrogen (secondary N) is 1. The van der Waals surface area contributed by atoms with Crippen molar-refractivity contribution in [3.8, 4) is 0 Å². The van der Waals surface area contributed by atoms with Crippen molar-refractivity contribution in [1.82, 2.24) is 0 Å². The van der Waals surface area contributed by atoms with Crippen molar-refractivity contribution in [1.29, 1.82) is 0 Å². The molecule has 0 saturated carbocycles. The van der Waals surface area contributed by atoms with Crippen LogP contribution in [0, 0.1) is 0 Å². The molecule has 0 aliphatic rings. The Balaban J connectivity index is 3.12. The van der Waals surface area contributed by atoms with Gasteiger partial charge in [-0.15, -0.1) is 0 Å². The summed E-state index contributed by atoms with van der Waals surface area (Å²) in [6.45, 7) is 11.3. The van der Waals surface area contributed by atoms with E-state index in [1.54, 1.807) is 18.2 Å². The molecule has 0 unspecified atom stereocenters. The van der Waals surface area contributed by atoms with Gasteiger partial charge in [0, 0.05) is 12.7 Å². The maximum Gasteiger partial charge on any atom is 0.0411 e. The average molecular weight is 237 g/mol. The van der Waals surface area contributed by atoms with E-state index in [1.165, 1.54) is 0 Å². The third-order valence-corrected chi connectivity index (χ3v) is 2.67. The molecule has 0 aliphatic heterocycles. The van der Waals surface area contributed by atoms with Gasteiger partial charge in [0.1, 0.15) is 0 Å². The van der Waals surface area contributed by atoms with Crippen molar-refractivity contribution >= 4 is 11.8 Å². The first-order valence-corrected chi connectivity index (χ1v) is 5.83. The Hall–Kier alpha value is -2.28. The highest BCUT2D eigenvalue weighted by molar-refractivity contribution is 5.68. The lowest BCUT2D eigenvalue weighted by atomic mass is 10.1. The second-order valence-electron chi connectivity index (χ2n) is 3.69. The Labute approximate surface area is 110 Å². The Morgan fingerprint density at radius 2 is 1.61 bits per heavy atom. The number of allylic oxidation sites excluding steroid dienone is 6. The highest BCUT2D eigenvalue weighted by atomic mass is 14.8. The molecule has 0 amide bonds. The van der Waals surface area contributed by atoms with Crippen molar-refractivity contribution in [2.45, 2.75) is 0 Å². The fourth-order valence-electron chi connectivity index (χ4n) is 1.65. The van der Waals surface area contributed by atoms with Crippen LogP contribution in [0.4, 0.5) is 5.69 Å². The summed E-state index contributed by atoms with van der Waals surface area (Å²) >= 11 is 0. The topological polar surface area (TPSA) is 12.0 Å². The highest BCUT2D eigenvalue weighted by Crippen LogP contribution is 2.18. The van der Waals surface area contributed by atoms with Crippen LogP contribution in [0.25, 0.3) is 6.08 Å². The largest absolute Gasteiger partial charge is 0.388 e. The maximum absolute atomic E-state index is 3.81. The molecule has 0 aromatic heterocycles. The number of rotatable bonds is 6. The standard InChI is InChI=1S/C17H19N/c1-5-14(6-2)15(7-3)12-13-16-10-8-9-11-17(16)18-4/h5-13,18H,1-3H2,4H3/b13-12-. The van der Waals surface area contributed by atoms with E-state index in [0.29, 0.717) is 0 Å². The number of hydrogen-bond acceptors (Lipinski definition) is 1. The predicted octanol–water partition coefficient (Wildman–Crippen LogP) is 4.60. The highest BCUT2D eigenvalue weighted by Gasteiger charge is 1.96. The van der Waals surface area contributed by atoms with Crippen molar-refractivity contribution in [2.24, 2.45) is 0 Å². The van der Waals surface area contributed by atoms with Gasteiger partial charge in [0.2, 0.25) is 0 Å². The molecule has 1 aromatic carbocycles. The monoisotopic (exact) mass is 237 g/mol. The van der Waals surface area contributed by atoms with Gasteiger partial charge in [-0.2, -0.15) is 0 Å². The van der Waals surface area contributed by atoms with Crippen molar-refractivity contribution < 1.29 is 0 Å². The average Bonchev–Trinajstić information content (AvgIpc) is 2.43. The summed E-state index contributed by atoms with van der Waals surface area (Å²) in [7, 11) is 1.91. The van der Waals surface area contributed by atoms with E-state index < -0.39 is 0 Å². The van der Waals surface area contributed by atoms with Gasteiger partial charge < -0.3 is 5.32 Å². The fraction of sp³-hybridized carbons (Fsp3) is 0.0588. The van der Waals surface area contributed by atoms with Crippen molar-refractivity contribution in [3.05, 3.63) is 85.0 Å². The minimum atomic E-state index is 0.975. The molecule has 18 heavy (non-hydrogen) atoms. The molecule has 92 valence electrons. The van der Waals surface area contributed by atoms with Gasteiger partial charge >= 0.3 is 0 Å². The molecular weight excluding hydrogens is 218 g/mol. The molecule has 0 heterocycles. The molecule has 0 spiro atoms. The first-order chi connectivity index (χ1) is 8.76. The van der Waals surface area contributed by atoms with E-state index in [-0.39, 0.29) is 0 Å². The summed E-state index contributed by atoms with van der Waals surface area (Å²) in [5.74, 6) is 0. The molecule has 1 nitrogen and oxygen atoms in total. The predicted molar refractivity (Wildman–Crippen MR) is 82.6 cm³/mol. The molecule has 1 rings (SSSR count). The van der Waals surface area contributed by atoms with Gasteiger partial charge in [0.05, 0.1) is 0 Å². The first-order valence-electron chi connectivity index (χ1n) is 5.83. The van der Waals surface area contributed by atoms with Gasteiger partial charge in [0.25, 0.3) is 0 Å². The molecule has 0 saturated heterocycles.